The number of fused-ring (bicyclic) bond motifs is 3. The minimum absolute atomic E-state index is 0.0866. The van der Waals surface area contributed by atoms with Crippen LogP contribution in [0.3, 0.4) is 0 Å². The first-order chi connectivity index (χ1) is 16.9. The molecule has 4 fully saturated rings. The summed E-state index contributed by atoms with van der Waals surface area (Å²) < 4.78 is 19.3. The average molecular weight is 484 g/mol. The number of hydrogen-bond donors (Lipinski definition) is 1. The molecule has 0 spiro atoms. The van der Waals surface area contributed by atoms with E-state index in [9.17, 15) is 14.7 Å². The highest BCUT2D eigenvalue weighted by Crippen LogP contribution is 2.38. The molecule has 9 heteroatoms. The number of nitrogens with zero attached hydrogens (tertiary/aromatic N) is 3. The van der Waals surface area contributed by atoms with Gasteiger partial charge >= 0.3 is 11.9 Å². The Morgan fingerprint density at radius 3 is 2.74 bits per heavy atom. The van der Waals surface area contributed by atoms with Gasteiger partial charge in [0.15, 0.2) is 0 Å². The number of aromatic nitrogens is 3. The summed E-state index contributed by atoms with van der Waals surface area (Å²) in [5, 5.41) is 13.7. The van der Waals surface area contributed by atoms with E-state index in [2.05, 4.69) is 5.10 Å². The van der Waals surface area contributed by atoms with Crippen molar-refractivity contribution in [3.05, 3.63) is 29.7 Å². The van der Waals surface area contributed by atoms with Gasteiger partial charge in [-0.2, -0.15) is 5.10 Å². The number of rotatable bonds is 7. The van der Waals surface area contributed by atoms with Crippen LogP contribution in [0, 0.1) is 24.7 Å². The summed E-state index contributed by atoms with van der Waals surface area (Å²) in [6, 6.07) is 3.75. The zero-order chi connectivity index (χ0) is 24.5. The lowest BCUT2D eigenvalue weighted by molar-refractivity contribution is -0.166. The second-order valence-electron chi connectivity index (χ2n) is 10.1. The molecule has 35 heavy (non-hydrogen) atoms. The van der Waals surface area contributed by atoms with Crippen molar-refractivity contribution in [2.45, 2.75) is 70.7 Å². The van der Waals surface area contributed by atoms with Crippen molar-refractivity contribution >= 4 is 11.9 Å². The molecule has 2 aliphatic carbocycles. The number of hydrogen-bond acceptors (Lipinski definition) is 7. The molecule has 6 rings (SSSR count). The maximum absolute atomic E-state index is 12.8. The first kappa shape index (κ1) is 23.8. The van der Waals surface area contributed by atoms with E-state index in [1.54, 1.807) is 10.9 Å². The van der Waals surface area contributed by atoms with Gasteiger partial charge in [-0.15, -0.1) is 0 Å². The second-order valence-corrected chi connectivity index (χ2v) is 10.1. The van der Waals surface area contributed by atoms with Crippen LogP contribution in [0.25, 0.3) is 11.3 Å². The van der Waals surface area contributed by atoms with Crippen molar-refractivity contribution in [3.8, 4) is 17.0 Å². The fourth-order valence-corrected chi connectivity index (χ4v) is 5.67. The second kappa shape index (κ2) is 9.97. The van der Waals surface area contributed by atoms with Gasteiger partial charge in [0.05, 0.1) is 53.9 Å². The number of carboxylic acids is 1. The molecule has 2 saturated heterocycles. The molecule has 0 amide bonds. The molecule has 5 atom stereocenters. The monoisotopic (exact) mass is 483 g/mol. The summed E-state index contributed by atoms with van der Waals surface area (Å²) in [5.74, 6) is -0.427. The minimum atomic E-state index is -0.752. The van der Waals surface area contributed by atoms with Gasteiger partial charge in [0, 0.05) is 12.6 Å². The first-order valence-corrected chi connectivity index (χ1v) is 12.6. The van der Waals surface area contributed by atoms with Crippen molar-refractivity contribution in [3.63, 3.8) is 0 Å². The predicted octanol–water partition coefficient (Wildman–Crippen LogP) is 3.67. The Kier molecular flexibility index (Phi) is 6.77. The third-order valence-corrected chi connectivity index (χ3v) is 7.79. The van der Waals surface area contributed by atoms with Crippen molar-refractivity contribution < 1.29 is 28.9 Å². The molecule has 9 nitrogen and oxygen atoms in total. The molecule has 2 aromatic rings. The molecule has 0 radical (unpaired) electrons. The normalized spacial score (nSPS) is 28.0. The summed E-state index contributed by atoms with van der Waals surface area (Å²) in [6.45, 7) is 2.67. The van der Waals surface area contributed by atoms with Crippen molar-refractivity contribution in [2.24, 2.45) is 24.8 Å². The van der Waals surface area contributed by atoms with Crippen molar-refractivity contribution in [2.75, 3.05) is 6.61 Å². The highest BCUT2D eigenvalue weighted by atomic mass is 16.5. The summed E-state index contributed by atoms with van der Waals surface area (Å²) in [6.07, 6.45) is 7.52. The van der Waals surface area contributed by atoms with Crippen LogP contribution < -0.4 is 4.74 Å². The Balaban J connectivity index is 1.25. The lowest BCUT2D eigenvalue weighted by atomic mass is 9.76. The van der Waals surface area contributed by atoms with E-state index in [0.717, 1.165) is 54.7 Å². The summed E-state index contributed by atoms with van der Waals surface area (Å²) in [4.78, 5) is 28.9. The molecule has 2 aromatic heterocycles. The molecule has 4 aliphatic rings. The third kappa shape index (κ3) is 5.05. The Labute approximate surface area is 204 Å². The number of pyridine rings is 1. The van der Waals surface area contributed by atoms with Gasteiger partial charge in [-0.3, -0.25) is 14.3 Å². The Bertz CT molecular complexity index is 1090. The fourth-order valence-electron chi connectivity index (χ4n) is 5.67. The van der Waals surface area contributed by atoms with E-state index >= 15 is 0 Å². The molecule has 1 N–H and O–H groups in total. The Hall–Kier alpha value is -2.94. The number of carbonyl (C=O) groups is 2. The van der Waals surface area contributed by atoms with Gasteiger partial charge in [-0.1, -0.05) is 0 Å². The zero-order valence-electron chi connectivity index (χ0n) is 20.3. The van der Waals surface area contributed by atoms with E-state index in [1.165, 1.54) is 0 Å². The number of esters is 1. The first-order valence-electron chi connectivity index (χ1n) is 12.6. The number of carboxylic acid groups (broad SMARTS) is 1. The number of aryl methyl sites for hydroxylation is 2. The zero-order valence-corrected chi connectivity index (χ0v) is 20.3. The van der Waals surface area contributed by atoms with Crippen LogP contribution in [0.15, 0.2) is 18.3 Å². The van der Waals surface area contributed by atoms with Gasteiger partial charge in [0.2, 0.25) is 0 Å². The highest BCUT2D eigenvalue weighted by molar-refractivity contribution is 5.73. The van der Waals surface area contributed by atoms with Gasteiger partial charge < -0.3 is 19.3 Å². The SMILES string of the molecule is Cc1nc(-c2cnn(C)c2COC(=O)C2CC3CCC2CO3)ccc1O[C@H]1CCC[C@H](C(=O)O)C1. The quantitative estimate of drug-likeness (QED) is 0.594. The molecule has 4 heterocycles. The number of aliphatic carboxylic acids is 1. The van der Waals surface area contributed by atoms with Crippen molar-refractivity contribution in [1.29, 1.82) is 0 Å². The Morgan fingerprint density at radius 1 is 1.20 bits per heavy atom. The maximum atomic E-state index is 12.8. The topological polar surface area (TPSA) is 113 Å². The van der Waals surface area contributed by atoms with Crippen LogP contribution in [0.4, 0.5) is 0 Å². The molecule has 0 aromatic carbocycles. The van der Waals surface area contributed by atoms with Gasteiger partial charge in [0.1, 0.15) is 12.4 Å². The molecule has 3 unspecified atom stereocenters. The molecular formula is C26H33N3O6. The highest BCUT2D eigenvalue weighted by Gasteiger charge is 2.41. The van der Waals surface area contributed by atoms with E-state index in [1.807, 2.05) is 26.1 Å². The van der Waals surface area contributed by atoms with Crippen LogP contribution in [0.5, 0.6) is 5.75 Å². The van der Waals surface area contributed by atoms with Gasteiger partial charge in [0.25, 0.3) is 0 Å². The van der Waals surface area contributed by atoms with E-state index in [0.29, 0.717) is 25.2 Å². The molecule has 2 aliphatic heterocycles. The van der Waals surface area contributed by atoms with E-state index in [-0.39, 0.29) is 42.5 Å². The molecule has 2 saturated carbocycles. The summed E-state index contributed by atoms with van der Waals surface area (Å²) >= 11 is 0. The largest absolute Gasteiger partial charge is 0.489 e. The van der Waals surface area contributed by atoms with Crippen LogP contribution in [-0.4, -0.2) is 50.6 Å². The lowest BCUT2D eigenvalue weighted by Crippen LogP contribution is -2.43. The number of carbonyl (C=O) groups excluding carboxylic acids is 1. The smallest absolute Gasteiger partial charge is 0.309 e. The molecule has 188 valence electrons. The third-order valence-electron chi connectivity index (χ3n) is 7.79. The average Bonchev–Trinajstić information content (AvgIpc) is 3.24. The Morgan fingerprint density at radius 2 is 2.06 bits per heavy atom. The molecule has 2 bridgehead atoms. The van der Waals surface area contributed by atoms with Crippen LogP contribution in [0.2, 0.25) is 0 Å². The summed E-state index contributed by atoms with van der Waals surface area (Å²) in [5.41, 5.74) is 3.05. The maximum Gasteiger partial charge on any atom is 0.309 e. The fraction of sp³-hybridized carbons (Fsp3) is 0.615. The minimum Gasteiger partial charge on any atom is -0.489 e. The van der Waals surface area contributed by atoms with Gasteiger partial charge in [-0.25, -0.2) is 4.98 Å². The van der Waals surface area contributed by atoms with E-state index < -0.39 is 5.97 Å². The predicted molar refractivity (Wildman–Crippen MR) is 126 cm³/mol. The lowest BCUT2D eigenvalue weighted by Gasteiger charge is -2.40. The van der Waals surface area contributed by atoms with Gasteiger partial charge in [-0.05, 0) is 69.9 Å². The van der Waals surface area contributed by atoms with Crippen molar-refractivity contribution in [1.82, 2.24) is 14.8 Å². The standard InChI is InChI=1S/C26H33N3O6/c1-15-24(35-19-5-3-4-16(10-19)25(30)31)9-8-22(28-15)21-12-27-29(2)23(21)14-34-26(32)20-11-18-7-6-17(20)13-33-18/h8-9,12,16-20H,3-7,10-11,13-14H2,1-2H3,(H,30,31)/t16-,17?,18?,19-,20?/m0/s1. The van der Waals surface area contributed by atoms with Crippen LogP contribution in [0.1, 0.15) is 56.3 Å². The van der Waals surface area contributed by atoms with Crippen LogP contribution in [-0.2, 0) is 32.7 Å². The summed E-state index contributed by atoms with van der Waals surface area (Å²) in [7, 11) is 1.83. The molecular weight excluding hydrogens is 450 g/mol. The van der Waals surface area contributed by atoms with E-state index in [4.69, 9.17) is 19.2 Å². The number of ether oxygens (including phenoxy) is 3. The van der Waals surface area contributed by atoms with Crippen LogP contribution >= 0.6 is 0 Å².